The number of amides is 1. The van der Waals surface area contributed by atoms with Crippen molar-refractivity contribution in [2.75, 3.05) is 14.1 Å². The van der Waals surface area contributed by atoms with Crippen molar-refractivity contribution in [3.8, 4) is 0 Å². The predicted octanol–water partition coefficient (Wildman–Crippen LogP) is -0.385. The van der Waals surface area contributed by atoms with Gasteiger partial charge >= 0.3 is 6.41 Å². The quantitative estimate of drug-likeness (QED) is 0.386. The van der Waals surface area contributed by atoms with Crippen molar-refractivity contribution in [3.63, 3.8) is 0 Å². The Kier molecular flexibility index (Phi) is 1.57. The third kappa shape index (κ3) is 3.47. The predicted molar refractivity (Wildman–Crippen MR) is 19.4 cm³/mol. The number of rotatable bonds is 1. The zero-order valence-electron chi connectivity index (χ0n) is 3.36. The summed E-state index contributed by atoms with van der Waals surface area (Å²) >= 11 is 0. The summed E-state index contributed by atoms with van der Waals surface area (Å²) in [6.45, 7) is 0. The molecular weight excluding hydrogens is 66.0 g/mol. The summed E-state index contributed by atoms with van der Waals surface area (Å²) in [6.07, 6.45) is 1.61. The van der Waals surface area contributed by atoms with Gasteiger partial charge in [0.1, 0.15) is 0 Å². The molecule has 0 bridgehead atoms. The second-order valence-corrected chi connectivity index (χ2v) is 0.986. The van der Waals surface area contributed by atoms with E-state index in [9.17, 15) is 4.79 Å². The molecule has 0 aliphatic carbocycles. The molecule has 0 aromatic heterocycles. The molecule has 0 aliphatic rings. The standard InChI is InChI=1S/C3H6NO/c1-4(2)3-5/h1-2H3. The Morgan fingerprint density at radius 2 is 1.80 bits per heavy atom. The van der Waals surface area contributed by atoms with Crippen LogP contribution in [0.15, 0.2) is 0 Å². The first-order chi connectivity index (χ1) is 2.27. The maximum absolute atomic E-state index is 9.31. The van der Waals surface area contributed by atoms with E-state index >= 15 is 0 Å². The fraction of sp³-hybridized carbons (Fsp3) is 0.667. The number of hydrogen-bond donors (Lipinski definition) is 0. The molecule has 0 N–H and O–H groups in total. The largest absolute Gasteiger partial charge is 0.341 e. The van der Waals surface area contributed by atoms with Gasteiger partial charge in [0.05, 0.1) is 0 Å². The molecule has 29 valence electrons. The van der Waals surface area contributed by atoms with Crippen molar-refractivity contribution in [1.82, 2.24) is 4.90 Å². The maximum atomic E-state index is 9.31. The lowest BCUT2D eigenvalue weighted by molar-refractivity contribution is 0.481. The molecule has 1 amide bonds. The van der Waals surface area contributed by atoms with Gasteiger partial charge in [0.15, 0.2) is 0 Å². The molecule has 0 atom stereocenters. The Labute approximate surface area is 31.4 Å². The highest BCUT2D eigenvalue weighted by atomic mass is 16.1. The fourth-order valence-electron chi connectivity index (χ4n) is 0. The van der Waals surface area contributed by atoms with E-state index in [0.29, 0.717) is 0 Å². The summed E-state index contributed by atoms with van der Waals surface area (Å²) in [5, 5.41) is 0. The van der Waals surface area contributed by atoms with E-state index in [1.165, 1.54) is 4.90 Å². The van der Waals surface area contributed by atoms with Crippen LogP contribution in [0.5, 0.6) is 0 Å². The lowest BCUT2D eigenvalue weighted by Gasteiger charge is -1.91. The second kappa shape index (κ2) is 1.76. The third-order valence-electron chi connectivity index (χ3n) is 0.183. The minimum atomic E-state index is 1.32. The summed E-state index contributed by atoms with van der Waals surface area (Å²) in [7, 11) is 3.26. The molecule has 0 heterocycles. The van der Waals surface area contributed by atoms with Crippen LogP contribution >= 0.6 is 0 Å². The Morgan fingerprint density at radius 3 is 1.80 bits per heavy atom. The highest BCUT2D eigenvalue weighted by molar-refractivity contribution is 5.46. The Morgan fingerprint density at radius 1 is 1.60 bits per heavy atom. The van der Waals surface area contributed by atoms with Crippen molar-refractivity contribution in [2.24, 2.45) is 0 Å². The van der Waals surface area contributed by atoms with Gasteiger partial charge in [-0.15, -0.1) is 0 Å². The molecule has 2 heteroatoms. The van der Waals surface area contributed by atoms with Gasteiger partial charge in [0, 0.05) is 14.1 Å². The molecule has 0 saturated heterocycles. The van der Waals surface area contributed by atoms with Crippen molar-refractivity contribution in [3.05, 3.63) is 0 Å². The van der Waals surface area contributed by atoms with Crippen LogP contribution < -0.4 is 0 Å². The third-order valence-corrected chi connectivity index (χ3v) is 0.183. The molecule has 0 fully saturated rings. The van der Waals surface area contributed by atoms with E-state index in [1.807, 2.05) is 0 Å². The Balaban J connectivity index is 2.83. The molecular formula is C3H6NO. The topological polar surface area (TPSA) is 20.3 Å². The molecule has 0 aliphatic heterocycles. The van der Waals surface area contributed by atoms with E-state index in [0.717, 1.165) is 0 Å². The first-order valence-corrected chi connectivity index (χ1v) is 1.32. The zero-order valence-corrected chi connectivity index (χ0v) is 3.36. The van der Waals surface area contributed by atoms with Gasteiger partial charge in [0.25, 0.3) is 0 Å². The smallest absolute Gasteiger partial charge is 0.311 e. The highest BCUT2D eigenvalue weighted by Crippen LogP contribution is 1.52. The van der Waals surface area contributed by atoms with E-state index < -0.39 is 0 Å². The van der Waals surface area contributed by atoms with Gasteiger partial charge in [-0.05, 0) is 0 Å². The van der Waals surface area contributed by atoms with E-state index in [4.69, 9.17) is 0 Å². The number of hydrogen-bond acceptors (Lipinski definition) is 1. The van der Waals surface area contributed by atoms with Crippen LogP contribution in [0.3, 0.4) is 0 Å². The van der Waals surface area contributed by atoms with Gasteiger partial charge in [-0.25, -0.2) is 0 Å². The van der Waals surface area contributed by atoms with Crippen LogP contribution in [-0.4, -0.2) is 25.4 Å². The van der Waals surface area contributed by atoms with Gasteiger partial charge in [-0.3, -0.25) is 4.79 Å². The van der Waals surface area contributed by atoms with Crippen LogP contribution in [0.25, 0.3) is 0 Å². The summed E-state index contributed by atoms with van der Waals surface area (Å²) in [5.41, 5.74) is 0. The lowest BCUT2D eigenvalue weighted by atomic mass is 11.0. The van der Waals surface area contributed by atoms with Crippen molar-refractivity contribution in [1.29, 1.82) is 0 Å². The van der Waals surface area contributed by atoms with Gasteiger partial charge < -0.3 is 4.90 Å². The van der Waals surface area contributed by atoms with Gasteiger partial charge in [-0.1, -0.05) is 0 Å². The number of carbonyl (C=O) groups excluding carboxylic acids is 1. The Hall–Kier alpha value is -0.530. The second-order valence-electron chi connectivity index (χ2n) is 0.986. The molecule has 2 nitrogen and oxygen atoms in total. The summed E-state index contributed by atoms with van der Waals surface area (Å²) in [6, 6.07) is 0. The number of nitrogens with zero attached hydrogens (tertiary/aromatic N) is 1. The zero-order chi connectivity index (χ0) is 4.28. The average molecular weight is 72.1 g/mol. The SMILES string of the molecule is CN(C)[C]=O. The molecule has 0 rings (SSSR count). The molecule has 0 aromatic carbocycles. The minimum Gasteiger partial charge on any atom is -0.341 e. The van der Waals surface area contributed by atoms with Crippen molar-refractivity contribution >= 4 is 6.41 Å². The van der Waals surface area contributed by atoms with Crippen molar-refractivity contribution < 1.29 is 4.79 Å². The molecule has 0 unspecified atom stereocenters. The van der Waals surface area contributed by atoms with Crippen LogP contribution in [-0.2, 0) is 4.79 Å². The van der Waals surface area contributed by atoms with Crippen LogP contribution in [0.4, 0.5) is 0 Å². The normalized spacial score (nSPS) is 6.80. The molecule has 0 aromatic rings. The minimum absolute atomic E-state index is 1.32. The van der Waals surface area contributed by atoms with E-state index in [1.54, 1.807) is 20.5 Å². The van der Waals surface area contributed by atoms with Crippen molar-refractivity contribution in [2.45, 2.75) is 0 Å². The lowest BCUT2D eigenvalue weighted by Crippen LogP contribution is -2.06. The molecule has 0 saturated carbocycles. The van der Waals surface area contributed by atoms with Crippen LogP contribution in [0.1, 0.15) is 0 Å². The van der Waals surface area contributed by atoms with E-state index in [2.05, 4.69) is 0 Å². The first-order valence-electron chi connectivity index (χ1n) is 1.32. The van der Waals surface area contributed by atoms with Crippen LogP contribution in [0, 0.1) is 0 Å². The molecule has 1 radical (unpaired) electrons. The fourth-order valence-corrected chi connectivity index (χ4v) is 0. The van der Waals surface area contributed by atoms with Gasteiger partial charge in [0.2, 0.25) is 0 Å². The molecule has 0 spiro atoms. The van der Waals surface area contributed by atoms with E-state index in [-0.39, 0.29) is 0 Å². The maximum Gasteiger partial charge on any atom is 0.311 e. The Bertz CT molecular complexity index is 33.9. The average Bonchev–Trinajstić information content (AvgIpc) is 1.38. The summed E-state index contributed by atoms with van der Waals surface area (Å²) in [5.74, 6) is 0. The monoisotopic (exact) mass is 72.0 g/mol. The first kappa shape index (κ1) is 4.47. The highest BCUT2D eigenvalue weighted by Gasteiger charge is 1.71. The summed E-state index contributed by atoms with van der Waals surface area (Å²) < 4.78 is 0. The van der Waals surface area contributed by atoms with Crippen LogP contribution in [0.2, 0.25) is 0 Å². The molecule has 5 heavy (non-hydrogen) atoms. The van der Waals surface area contributed by atoms with Gasteiger partial charge in [-0.2, -0.15) is 0 Å². The summed E-state index contributed by atoms with van der Waals surface area (Å²) in [4.78, 5) is 10.6.